The van der Waals surface area contributed by atoms with Crippen molar-refractivity contribution in [3.63, 3.8) is 0 Å². The van der Waals surface area contributed by atoms with Gasteiger partial charge in [-0.3, -0.25) is 4.79 Å². The number of aliphatic hydroxyl groups is 3. The van der Waals surface area contributed by atoms with Crippen molar-refractivity contribution in [1.29, 1.82) is 0 Å². The first-order valence-electron chi connectivity index (χ1n) is 12.3. The van der Waals surface area contributed by atoms with Crippen LogP contribution in [0.15, 0.2) is 47.1 Å². The number of hydrogen-bond acceptors (Lipinski definition) is 4. The van der Waals surface area contributed by atoms with Gasteiger partial charge in [0.05, 0.1) is 19.3 Å². The third-order valence-corrected chi connectivity index (χ3v) is 9.39. The highest BCUT2D eigenvalue weighted by molar-refractivity contribution is 5.93. The lowest BCUT2D eigenvalue weighted by molar-refractivity contribution is -0.114. The van der Waals surface area contributed by atoms with Crippen LogP contribution >= 0.6 is 0 Å². The summed E-state index contributed by atoms with van der Waals surface area (Å²) >= 11 is 0. The molecular formula is C28H36O4. The van der Waals surface area contributed by atoms with Gasteiger partial charge in [0.15, 0.2) is 5.78 Å². The molecule has 0 heterocycles. The zero-order chi connectivity index (χ0) is 22.7. The Bertz CT molecular complexity index is 968. The van der Waals surface area contributed by atoms with Gasteiger partial charge in [0.25, 0.3) is 0 Å². The molecule has 0 spiro atoms. The highest BCUT2D eigenvalue weighted by Gasteiger charge is 2.56. The van der Waals surface area contributed by atoms with Gasteiger partial charge in [-0.15, -0.1) is 0 Å². The van der Waals surface area contributed by atoms with Crippen molar-refractivity contribution in [2.45, 2.75) is 76.2 Å². The molecule has 2 fully saturated rings. The summed E-state index contributed by atoms with van der Waals surface area (Å²) in [6.07, 6.45) is 8.08. The molecule has 0 amide bonds. The van der Waals surface area contributed by atoms with Crippen LogP contribution in [0.1, 0.15) is 75.8 Å². The van der Waals surface area contributed by atoms with Crippen molar-refractivity contribution in [3.8, 4) is 0 Å². The summed E-state index contributed by atoms with van der Waals surface area (Å²) in [7, 11) is 0. The van der Waals surface area contributed by atoms with Crippen molar-refractivity contribution >= 4 is 5.78 Å². The van der Waals surface area contributed by atoms with Crippen molar-refractivity contribution in [3.05, 3.63) is 58.2 Å². The van der Waals surface area contributed by atoms with Gasteiger partial charge < -0.3 is 15.3 Å². The normalized spacial score (nSPS) is 34.7. The van der Waals surface area contributed by atoms with Gasteiger partial charge in [-0.1, -0.05) is 43.7 Å². The lowest BCUT2D eigenvalue weighted by Gasteiger charge is -2.52. The summed E-state index contributed by atoms with van der Waals surface area (Å²) in [4.78, 5) is 12.1. The second kappa shape index (κ2) is 7.93. The molecule has 5 unspecified atom stereocenters. The zero-order valence-electron chi connectivity index (χ0n) is 19.3. The molecule has 0 aliphatic heterocycles. The zero-order valence-corrected chi connectivity index (χ0v) is 19.3. The Morgan fingerprint density at radius 1 is 1.03 bits per heavy atom. The fourth-order valence-corrected chi connectivity index (χ4v) is 7.28. The second-order valence-electron chi connectivity index (χ2n) is 11.2. The largest absolute Gasteiger partial charge is 0.395 e. The highest BCUT2D eigenvalue weighted by atomic mass is 16.3. The van der Waals surface area contributed by atoms with Gasteiger partial charge in [0.2, 0.25) is 0 Å². The smallest absolute Gasteiger partial charge is 0.156 e. The van der Waals surface area contributed by atoms with Crippen molar-refractivity contribution in [2.24, 2.45) is 17.3 Å². The van der Waals surface area contributed by atoms with Crippen LogP contribution in [-0.2, 0) is 10.2 Å². The molecule has 4 aliphatic rings. The molecule has 4 nitrogen and oxygen atoms in total. The van der Waals surface area contributed by atoms with E-state index < -0.39 is 5.41 Å². The Hall–Kier alpha value is -1.75. The minimum Gasteiger partial charge on any atom is -0.395 e. The van der Waals surface area contributed by atoms with Crippen LogP contribution in [0.4, 0.5) is 0 Å². The third-order valence-electron chi connectivity index (χ3n) is 9.39. The number of benzene rings is 1. The van der Waals surface area contributed by atoms with E-state index in [1.807, 2.05) is 25.1 Å². The lowest BCUT2D eigenvalue weighted by Crippen LogP contribution is -2.45. The molecule has 3 N–H and O–H groups in total. The Morgan fingerprint density at radius 2 is 1.75 bits per heavy atom. The number of carbonyl (C=O) groups is 1. The van der Waals surface area contributed by atoms with Crippen LogP contribution in [0, 0.1) is 17.3 Å². The van der Waals surface area contributed by atoms with E-state index in [2.05, 4.69) is 19.1 Å². The first-order valence-corrected chi connectivity index (χ1v) is 12.3. The van der Waals surface area contributed by atoms with Gasteiger partial charge in [-0.2, -0.15) is 0 Å². The molecule has 2 saturated carbocycles. The Balaban J connectivity index is 1.61. The molecule has 0 saturated heterocycles. The standard InChI is InChI=1S/C28H36O4/c1-27(15-29,16-30)19-6-3-17(4-7-19)23-14-28(2)24(11-12-25(28)32)22-9-5-18-13-20(31)8-10-21(18)26(22)23/h3-4,6-7,13,22-25,29-30,32H,5,8-12,14-16H2,1-2H3. The van der Waals surface area contributed by atoms with Crippen LogP contribution in [0.5, 0.6) is 0 Å². The average molecular weight is 437 g/mol. The van der Waals surface area contributed by atoms with Gasteiger partial charge in [-0.25, -0.2) is 0 Å². The molecule has 0 bridgehead atoms. The first-order chi connectivity index (χ1) is 15.3. The summed E-state index contributed by atoms with van der Waals surface area (Å²) in [5.41, 5.74) is 5.67. The first kappa shape index (κ1) is 22.1. The summed E-state index contributed by atoms with van der Waals surface area (Å²) in [6, 6.07) is 8.41. The monoisotopic (exact) mass is 436 g/mol. The van der Waals surface area contributed by atoms with Crippen LogP contribution < -0.4 is 0 Å². The molecule has 4 aliphatic carbocycles. The van der Waals surface area contributed by atoms with E-state index in [0.29, 0.717) is 18.3 Å². The van der Waals surface area contributed by atoms with Crippen LogP contribution in [0.2, 0.25) is 0 Å². The van der Waals surface area contributed by atoms with E-state index >= 15 is 0 Å². The fourth-order valence-electron chi connectivity index (χ4n) is 7.28. The number of carbonyl (C=O) groups excluding carboxylic acids is 1. The average Bonchev–Trinajstić information content (AvgIpc) is 3.12. The van der Waals surface area contributed by atoms with E-state index in [9.17, 15) is 20.1 Å². The molecule has 5 atom stereocenters. The van der Waals surface area contributed by atoms with Gasteiger partial charge in [0, 0.05) is 17.8 Å². The van der Waals surface area contributed by atoms with Gasteiger partial charge >= 0.3 is 0 Å². The Morgan fingerprint density at radius 3 is 2.44 bits per heavy atom. The molecule has 0 aromatic heterocycles. The molecule has 1 aromatic carbocycles. The SMILES string of the molecule is CC(CO)(CO)c1ccc(C2CC3(C)C(O)CCC3C3CCC4=CC(=O)CCC4=C23)cc1. The van der Waals surface area contributed by atoms with E-state index in [1.54, 1.807) is 0 Å². The third kappa shape index (κ3) is 3.26. The molecule has 4 heteroatoms. The van der Waals surface area contributed by atoms with Crippen molar-refractivity contribution in [1.82, 2.24) is 0 Å². The quantitative estimate of drug-likeness (QED) is 0.661. The number of ketones is 1. The summed E-state index contributed by atoms with van der Waals surface area (Å²) in [5, 5.41) is 30.6. The fraction of sp³-hybridized carbons (Fsp3) is 0.607. The molecule has 172 valence electrons. The van der Waals surface area contributed by atoms with Crippen molar-refractivity contribution in [2.75, 3.05) is 13.2 Å². The molecule has 0 radical (unpaired) electrons. The molecular weight excluding hydrogens is 400 g/mol. The second-order valence-corrected chi connectivity index (χ2v) is 11.2. The number of rotatable bonds is 4. The predicted molar refractivity (Wildman–Crippen MR) is 124 cm³/mol. The molecule has 32 heavy (non-hydrogen) atoms. The highest BCUT2D eigenvalue weighted by Crippen LogP contribution is 2.63. The van der Waals surface area contributed by atoms with Crippen LogP contribution in [-0.4, -0.2) is 40.4 Å². The van der Waals surface area contributed by atoms with Crippen LogP contribution in [0.25, 0.3) is 0 Å². The van der Waals surface area contributed by atoms with E-state index in [4.69, 9.17) is 0 Å². The maximum absolute atomic E-state index is 12.1. The maximum atomic E-state index is 12.1. The summed E-state index contributed by atoms with van der Waals surface area (Å²) < 4.78 is 0. The van der Waals surface area contributed by atoms with Gasteiger partial charge in [-0.05, 0) is 84.1 Å². The summed E-state index contributed by atoms with van der Waals surface area (Å²) in [6.45, 7) is 3.97. The number of fused-ring (bicyclic) bond motifs is 4. The Kier molecular flexibility index (Phi) is 5.47. The van der Waals surface area contributed by atoms with E-state index in [-0.39, 0.29) is 36.4 Å². The Labute approximate surface area is 191 Å². The minimum absolute atomic E-state index is 0.0749. The van der Waals surface area contributed by atoms with E-state index in [1.165, 1.54) is 22.3 Å². The van der Waals surface area contributed by atoms with Crippen molar-refractivity contribution < 1.29 is 20.1 Å². The molecule has 1 aromatic rings. The predicted octanol–water partition coefficient (Wildman–Crippen LogP) is 4.19. The topological polar surface area (TPSA) is 77.8 Å². The van der Waals surface area contributed by atoms with Gasteiger partial charge in [0.1, 0.15) is 0 Å². The number of aliphatic hydroxyl groups excluding tert-OH is 3. The lowest BCUT2D eigenvalue weighted by atomic mass is 9.53. The van der Waals surface area contributed by atoms with Crippen LogP contribution in [0.3, 0.4) is 0 Å². The maximum Gasteiger partial charge on any atom is 0.156 e. The van der Waals surface area contributed by atoms with E-state index in [0.717, 1.165) is 44.1 Å². The number of allylic oxidation sites excluding steroid dienone is 4. The summed E-state index contributed by atoms with van der Waals surface area (Å²) in [5.74, 6) is 1.50. The minimum atomic E-state index is -0.654. The molecule has 5 rings (SSSR count). The number of hydrogen-bond donors (Lipinski definition) is 3.